The first-order chi connectivity index (χ1) is 10.6. The average Bonchev–Trinajstić information content (AvgIpc) is 2.52. The number of pyridine rings is 2. The normalized spacial score (nSPS) is 10.3. The van der Waals surface area contributed by atoms with E-state index >= 15 is 0 Å². The third-order valence-corrected chi connectivity index (χ3v) is 2.50. The summed E-state index contributed by atoms with van der Waals surface area (Å²) in [5.74, 6) is 0.223. The van der Waals surface area contributed by atoms with Gasteiger partial charge < -0.3 is 10.1 Å². The van der Waals surface area contributed by atoms with Crippen LogP contribution in [-0.2, 0) is 6.54 Å². The number of alkyl halides is 2. The fraction of sp³-hybridized carbons (Fsp3) is 0.214. The zero-order valence-electron chi connectivity index (χ0n) is 11.5. The Bertz CT molecular complexity index is 611. The molecule has 0 aliphatic carbocycles. The first-order valence-corrected chi connectivity index (χ1v) is 6.45. The molecule has 2 aromatic rings. The highest BCUT2D eigenvalue weighted by Crippen LogP contribution is 2.12. The third-order valence-electron chi connectivity index (χ3n) is 2.50. The molecule has 0 fully saturated rings. The lowest BCUT2D eigenvalue weighted by Gasteiger charge is -2.09. The second-order valence-corrected chi connectivity index (χ2v) is 4.23. The smallest absolute Gasteiger partial charge is 0.320 e. The second-order valence-electron chi connectivity index (χ2n) is 4.23. The van der Waals surface area contributed by atoms with Gasteiger partial charge >= 0.3 is 6.03 Å². The Morgan fingerprint density at radius 1 is 1.27 bits per heavy atom. The van der Waals surface area contributed by atoms with E-state index in [1.807, 2.05) is 6.07 Å². The van der Waals surface area contributed by atoms with Crippen LogP contribution < -0.4 is 15.4 Å². The third kappa shape index (κ3) is 5.31. The number of nitrogens with zero attached hydrogens (tertiary/aromatic N) is 2. The number of hydrogen-bond acceptors (Lipinski definition) is 4. The Labute approximate surface area is 125 Å². The fourth-order valence-corrected chi connectivity index (χ4v) is 1.56. The van der Waals surface area contributed by atoms with E-state index in [0.29, 0.717) is 6.54 Å². The van der Waals surface area contributed by atoms with Crippen LogP contribution in [0.3, 0.4) is 0 Å². The maximum absolute atomic E-state index is 12.1. The zero-order valence-corrected chi connectivity index (χ0v) is 11.5. The van der Waals surface area contributed by atoms with Gasteiger partial charge in [0.2, 0.25) is 5.88 Å². The number of rotatable bonds is 6. The van der Waals surface area contributed by atoms with Gasteiger partial charge in [-0.25, -0.2) is 13.6 Å². The topological polar surface area (TPSA) is 76.1 Å². The summed E-state index contributed by atoms with van der Waals surface area (Å²) in [7, 11) is 0. The Kier molecular flexibility index (Phi) is 5.58. The van der Waals surface area contributed by atoms with Gasteiger partial charge in [0, 0.05) is 25.0 Å². The summed E-state index contributed by atoms with van der Waals surface area (Å²) in [6.07, 6.45) is 0.691. The molecule has 0 unspecified atom stereocenters. The Morgan fingerprint density at radius 2 is 2.14 bits per heavy atom. The predicted octanol–water partition coefficient (Wildman–Crippen LogP) is 2.44. The molecule has 0 radical (unpaired) electrons. The summed E-state index contributed by atoms with van der Waals surface area (Å²) in [5.41, 5.74) is 0.847. The van der Waals surface area contributed by atoms with Crippen molar-refractivity contribution in [2.75, 3.05) is 11.9 Å². The minimum atomic E-state index is -2.58. The van der Waals surface area contributed by atoms with Gasteiger partial charge in [0.15, 0.2) is 6.61 Å². The van der Waals surface area contributed by atoms with Gasteiger partial charge in [0.05, 0.1) is 0 Å². The largest absolute Gasteiger partial charge is 0.472 e. The number of halogens is 2. The fourth-order valence-electron chi connectivity index (χ4n) is 1.56. The Morgan fingerprint density at radius 3 is 2.86 bits per heavy atom. The molecule has 22 heavy (non-hydrogen) atoms. The van der Waals surface area contributed by atoms with Gasteiger partial charge in [-0.1, -0.05) is 12.1 Å². The van der Waals surface area contributed by atoms with E-state index in [9.17, 15) is 13.6 Å². The minimum absolute atomic E-state index is 0.0189. The molecule has 0 aromatic carbocycles. The number of ether oxygens (including phenoxy) is 1. The van der Waals surface area contributed by atoms with E-state index in [0.717, 1.165) is 5.56 Å². The molecule has 2 amide bonds. The van der Waals surface area contributed by atoms with Crippen LogP contribution in [0.2, 0.25) is 0 Å². The highest BCUT2D eigenvalue weighted by molar-refractivity contribution is 5.88. The zero-order chi connectivity index (χ0) is 15.8. The van der Waals surface area contributed by atoms with Crippen LogP contribution in [0, 0.1) is 0 Å². The van der Waals surface area contributed by atoms with E-state index in [1.165, 1.54) is 12.1 Å². The van der Waals surface area contributed by atoms with Crippen molar-refractivity contribution in [1.29, 1.82) is 0 Å². The number of carbonyl (C=O) groups excluding carboxylic acids is 1. The molecule has 6 nitrogen and oxygen atoms in total. The van der Waals surface area contributed by atoms with Crippen LogP contribution in [0.25, 0.3) is 0 Å². The number of anilines is 1. The first-order valence-electron chi connectivity index (χ1n) is 6.45. The van der Waals surface area contributed by atoms with Crippen LogP contribution in [0.5, 0.6) is 5.88 Å². The predicted molar refractivity (Wildman–Crippen MR) is 75.8 cm³/mol. The summed E-state index contributed by atoms with van der Waals surface area (Å²) in [5, 5.41) is 5.12. The van der Waals surface area contributed by atoms with Crippen molar-refractivity contribution < 1.29 is 18.3 Å². The number of nitrogens with one attached hydrogen (secondary N) is 2. The lowest BCUT2D eigenvalue weighted by Crippen LogP contribution is -2.28. The molecule has 0 bridgehead atoms. The van der Waals surface area contributed by atoms with Crippen LogP contribution in [0.1, 0.15) is 5.56 Å². The van der Waals surface area contributed by atoms with Crippen molar-refractivity contribution in [1.82, 2.24) is 15.3 Å². The van der Waals surface area contributed by atoms with E-state index < -0.39 is 19.1 Å². The minimum Gasteiger partial charge on any atom is -0.472 e. The van der Waals surface area contributed by atoms with Crippen LogP contribution >= 0.6 is 0 Å². The monoisotopic (exact) mass is 308 g/mol. The number of carbonyl (C=O) groups is 1. The number of amides is 2. The Hall–Kier alpha value is -2.77. The van der Waals surface area contributed by atoms with Crippen LogP contribution in [0.4, 0.5) is 19.4 Å². The molecular weight excluding hydrogens is 294 g/mol. The molecule has 0 saturated carbocycles. The second kappa shape index (κ2) is 7.87. The van der Waals surface area contributed by atoms with Gasteiger partial charge in [-0.3, -0.25) is 10.3 Å². The van der Waals surface area contributed by atoms with Crippen molar-refractivity contribution in [3.05, 3.63) is 48.3 Å². The van der Waals surface area contributed by atoms with Gasteiger partial charge in [-0.2, -0.15) is 4.98 Å². The van der Waals surface area contributed by atoms with Crippen molar-refractivity contribution in [3.63, 3.8) is 0 Å². The number of aromatic nitrogens is 2. The van der Waals surface area contributed by atoms with E-state index in [-0.39, 0.29) is 11.7 Å². The molecule has 0 spiro atoms. The summed E-state index contributed by atoms with van der Waals surface area (Å²) in [4.78, 5) is 19.6. The molecular formula is C14H14F2N4O2. The molecule has 0 atom stereocenters. The summed E-state index contributed by atoms with van der Waals surface area (Å²) >= 11 is 0. The van der Waals surface area contributed by atoms with E-state index in [1.54, 1.807) is 24.5 Å². The maximum atomic E-state index is 12.1. The highest BCUT2D eigenvalue weighted by atomic mass is 19.3. The molecule has 0 aliphatic rings. The average molecular weight is 308 g/mol. The van der Waals surface area contributed by atoms with Gasteiger partial charge in [-0.15, -0.1) is 0 Å². The summed E-state index contributed by atoms with van der Waals surface area (Å²) in [6.45, 7) is -0.440. The molecule has 0 aliphatic heterocycles. The summed E-state index contributed by atoms with van der Waals surface area (Å²) < 4.78 is 28.9. The highest BCUT2D eigenvalue weighted by Gasteiger charge is 2.07. The molecule has 2 rings (SSSR count). The van der Waals surface area contributed by atoms with Gasteiger partial charge in [0.25, 0.3) is 6.43 Å². The van der Waals surface area contributed by atoms with Crippen molar-refractivity contribution in [2.45, 2.75) is 13.0 Å². The quantitative estimate of drug-likeness (QED) is 0.859. The van der Waals surface area contributed by atoms with Crippen LogP contribution in [0.15, 0.2) is 42.7 Å². The standard InChI is InChI=1S/C14H14F2N4O2/c15-11(16)9-22-13-5-1-4-12(19-13)20-14(21)18-8-10-3-2-6-17-7-10/h1-7,11H,8-9H2,(H2,18,19,20,21). The lowest BCUT2D eigenvalue weighted by molar-refractivity contribution is 0.0796. The molecule has 8 heteroatoms. The molecule has 2 aromatic heterocycles. The van der Waals surface area contributed by atoms with E-state index in [4.69, 9.17) is 4.74 Å². The van der Waals surface area contributed by atoms with Crippen molar-refractivity contribution >= 4 is 11.8 Å². The molecule has 0 saturated heterocycles. The lowest BCUT2D eigenvalue weighted by atomic mass is 10.3. The molecule has 2 heterocycles. The van der Waals surface area contributed by atoms with Crippen LogP contribution in [-0.4, -0.2) is 29.0 Å². The first kappa shape index (κ1) is 15.6. The maximum Gasteiger partial charge on any atom is 0.320 e. The Balaban J connectivity index is 1.84. The molecule has 116 valence electrons. The summed E-state index contributed by atoms with van der Waals surface area (Å²) in [6, 6.07) is 7.62. The van der Waals surface area contributed by atoms with Crippen molar-refractivity contribution in [3.8, 4) is 5.88 Å². The number of hydrogen-bond donors (Lipinski definition) is 2. The van der Waals surface area contributed by atoms with Gasteiger partial charge in [-0.05, 0) is 17.7 Å². The van der Waals surface area contributed by atoms with Gasteiger partial charge in [0.1, 0.15) is 5.82 Å². The van der Waals surface area contributed by atoms with E-state index in [2.05, 4.69) is 20.6 Å². The SMILES string of the molecule is O=C(NCc1cccnc1)Nc1cccc(OCC(F)F)n1. The number of urea groups is 1. The molecule has 2 N–H and O–H groups in total. The van der Waals surface area contributed by atoms with Crippen molar-refractivity contribution in [2.24, 2.45) is 0 Å².